The highest BCUT2D eigenvalue weighted by atomic mass is 16.6. The minimum absolute atomic E-state index is 0.0557. The van der Waals surface area contributed by atoms with Crippen molar-refractivity contribution in [2.24, 2.45) is 0 Å². The molecule has 1 aromatic heterocycles. The molecule has 0 aliphatic carbocycles. The molecule has 1 aromatic carbocycles. The van der Waals surface area contributed by atoms with E-state index in [4.69, 9.17) is 4.42 Å². The summed E-state index contributed by atoms with van der Waals surface area (Å²) in [6.45, 7) is 0. The summed E-state index contributed by atoms with van der Waals surface area (Å²) in [6, 6.07) is 11.0. The van der Waals surface area contributed by atoms with Crippen molar-refractivity contribution in [3.05, 3.63) is 63.9 Å². The first kappa shape index (κ1) is 13.6. The zero-order valence-corrected chi connectivity index (χ0v) is 11.1. The number of nitro groups is 1. The quantitative estimate of drug-likeness (QED) is 0.401. The average molecular weight is 299 g/mol. The second kappa shape index (κ2) is 5.17. The van der Waals surface area contributed by atoms with Crippen molar-refractivity contribution in [3.63, 3.8) is 0 Å². The van der Waals surface area contributed by atoms with Gasteiger partial charge in [0.25, 0.3) is 11.8 Å². The normalized spacial score (nSPS) is 16.2. The number of hydrazine groups is 1. The van der Waals surface area contributed by atoms with Gasteiger partial charge in [0.15, 0.2) is 0 Å². The first-order chi connectivity index (χ1) is 10.6. The minimum atomic E-state index is -0.700. The van der Waals surface area contributed by atoms with Crippen LogP contribution >= 0.6 is 0 Å². The summed E-state index contributed by atoms with van der Waals surface area (Å²) in [4.78, 5) is 34.0. The molecule has 3 rings (SSSR count). The Kier molecular flexibility index (Phi) is 3.18. The lowest BCUT2D eigenvalue weighted by molar-refractivity contribution is -0.402. The molecule has 110 valence electrons. The predicted octanol–water partition coefficient (Wildman–Crippen LogP) is 1.65. The van der Waals surface area contributed by atoms with E-state index in [1.54, 1.807) is 30.3 Å². The van der Waals surface area contributed by atoms with Crippen molar-refractivity contribution >= 4 is 29.5 Å². The molecule has 0 atom stereocenters. The van der Waals surface area contributed by atoms with Crippen LogP contribution < -0.4 is 10.4 Å². The summed E-state index contributed by atoms with van der Waals surface area (Å²) in [5.74, 6) is -1.57. The van der Waals surface area contributed by atoms with Crippen LogP contribution in [-0.2, 0) is 9.59 Å². The van der Waals surface area contributed by atoms with E-state index in [2.05, 4.69) is 5.43 Å². The fourth-order valence-corrected chi connectivity index (χ4v) is 1.98. The molecule has 8 heteroatoms. The highest BCUT2D eigenvalue weighted by molar-refractivity contribution is 6.31. The Balaban J connectivity index is 1.91. The molecule has 2 amide bonds. The van der Waals surface area contributed by atoms with Gasteiger partial charge in [-0.3, -0.25) is 25.1 Å². The number of hydrogen-bond acceptors (Lipinski definition) is 5. The average Bonchev–Trinajstić information content (AvgIpc) is 3.09. The summed E-state index contributed by atoms with van der Waals surface area (Å²) in [5, 5.41) is 11.7. The smallest absolute Gasteiger partial charge is 0.401 e. The van der Waals surface area contributed by atoms with E-state index in [9.17, 15) is 19.7 Å². The second-order valence-electron chi connectivity index (χ2n) is 4.41. The van der Waals surface area contributed by atoms with Gasteiger partial charge < -0.3 is 4.42 Å². The Labute approximate surface area is 123 Å². The Bertz CT molecular complexity index is 794. The maximum Gasteiger partial charge on any atom is 0.433 e. The van der Waals surface area contributed by atoms with Gasteiger partial charge in [0, 0.05) is 0 Å². The van der Waals surface area contributed by atoms with Crippen molar-refractivity contribution in [3.8, 4) is 0 Å². The number of para-hydroxylation sites is 1. The van der Waals surface area contributed by atoms with Crippen molar-refractivity contribution in [1.82, 2.24) is 5.43 Å². The monoisotopic (exact) mass is 299 g/mol. The van der Waals surface area contributed by atoms with Crippen LogP contribution in [0.3, 0.4) is 0 Å². The standard InChI is InChI=1S/C14H9N3O5/c18-13-11(8-10-6-7-12(22-10)17(20)21)14(19)16(15-13)9-4-2-1-3-5-9/h1-8H,(H,15,18). The summed E-state index contributed by atoms with van der Waals surface area (Å²) in [6.07, 6.45) is 1.17. The van der Waals surface area contributed by atoms with Gasteiger partial charge in [-0.1, -0.05) is 18.2 Å². The van der Waals surface area contributed by atoms with E-state index in [0.29, 0.717) is 5.69 Å². The minimum Gasteiger partial charge on any atom is -0.401 e. The number of hydrogen-bond donors (Lipinski definition) is 1. The number of rotatable bonds is 3. The fraction of sp³-hybridized carbons (Fsp3) is 0. The Morgan fingerprint density at radius 3 is 2.50 bits per heavy atom. The number of nitrogens with zero attached hydrogens (tertiary/aromatic N) is 2. The number of benzene rings is 1. The molecule has 1 aliphatic rings. The topological polar surface area (TPSA) is 106 Å². The summed E-state index contributed by atoms with van der Waals surface area (Å²) < 4.78 is 4.92. The highest BCUT2D eigenvalue weighted by Crippen LogP contribution is 2.23. The molecule has 0 bridgehead atoms. The van der Waals surface area contributed by atoms with E-state index in [1.165, 1.54) is 12.1 Å². The van der Waals surface area contributed by atoms with Crippen LogP contribution in [0.15, 0.2) is 52.5 Å². The maximum atomic E-state index is 12.3. The molecule has 22 heavy (non-hydrogen) atoms. The van der Waals surface area contributed by atoms with E-state index in [0.717, 1.165) is 11.1 Å². The molecule has 8 nitrogen and oxygen atoms in total. The lowest BCUT2D eigenvalue weighted by Gasteiger charge is -2.13. The van der Waals surface area contributed by atoms with Crippen molar-refractivity contribution in [1.29, 1.82) is 0 Å². The molecule has 0 radical (unpaired) electrons. The number of carbonyl (C=O) groups is 2. The Morgan fingerprint density at radius 2 is 1.86 bits per heavy atom. The molecule has 0 saturated carbocycles. The number of furan rings is 1. The van der Waals surface area contributed by atoms with Crippen LogP contribution in [0.25, 0.3) is 6.08 Å². The van der Waals surface area contributed by atoms with Gasteiger partial charge in [-0.15, -0.1) is 0 Å². The van der Waals surface area contributed by atoms with Gasteiger partial charge in [-0.25, -0.2) is 5.01 Å². The molecular weight excluding hydrogens is 290 g/mol. The van der Waals surface area contributed by atoms with Crippen LogP contribution in [0.4, 0.5) is 11.6 Å². The lowest BCUT2D eigenvalue weighted by atomic mass is 10.2. The fourth-order valence-electron chi connectivity index (χ4n) is 1.98. The van der Waals surface area contributed by atoms with Crippen molar-refractivity contribution in [2.45, 2.75) is 0 Å². The molecule has 0 unspecified atom stereocenters. The zero-order valence-electron chi connectivity index (χ0n) is 11.1. The van der Waals surface area contributed by atoms with Crippen LogP contribution in [0.5, 0.6) is 0 Å². The number of carbonyl (C=O) groups excluding carboxylic acids is 2. The van der Waals surface area contributed by atoms with Gasteiger partial charge in [-0.2, -0.15) is 0 Å². The molecule has 2 heterocycles. The van der Waals surface area contributed by atoms with E-state index < -0.39 is 22.6 Å². The molecule has 0 spiro atoms. The van der Waals surface area contributed by atoms with Gasteiger partial charge in [-0.05, 0) is 24.3 Å². The summed E-state index contributed by atoms with van der Waals surface area (Å²) in [7, 11) is 0. The number of amides is 2. The highest BCUT2D eigenvalue weighted by Gasteiger charge is 2.34. The van der Waals surface area contributed by atoms with Gasteiger partial charge in [0.05, 0.1) is 11.8 Å². The van der Waals surface area contributed by atoms with Crippen LogP contribution in [0.2, 0.25) is 0 Å². The van der Waals surface area contributed by atoms with Crippen LogP contribution in [-0.4, -0.2) is 16.7 Å². The Morgan fingerprint density at radius 1 is 1.14 bits per heavy atom. The lowest BCUT2D eigenvalue weighted by Crippen LogP contribution is -2.35. The van der Waals surface area contributed by atoms with Gasteiger partial charge in [0.1, 0.15) is 16.3 Å². The van der Waals surface area contributed by atoms with Crippen molar-refractivity contribution < 1.29 is 18.9 Å². The van der Waals surface area contributed by atoms with Crippen molar-refractivity contribution in [2.75, 3.05) is 5.01 Å². The third-order valence-electron chi connectivity index (χ3n) is 2.99. The first-order valence-electron chi connectivity index (χ1n) is 6.22. The molecule has 1 fully saturated rings. The summed E-state index contributed by atoms with van der Waals surface area (Å²) in [5.41, 5.74) is 2.77. The molecule has 1 aliphatic heterocycles. The van der Waals surface area contributed by atoms with Gasteiger partial charge >= 0.3 is 5.88 Å². The predicted molar refractivity (Wildman–Crippen MR) is 75.4 cm³/mol. The molecule has 1 saturated heterocycles. The molecular formula is C14H9N3O5. The number of anilines is 1. The third kappa shape index (κ3) is 2.33. The van der Waals surface area contributed by atoms with Gasteiger partial charge in [0.2, 0.25) is 0 Å². The van der Waals surface area contributed by atoms with Crippen LogP contribution in [0.1, 0.15) is 5.76 Å². The summed E-state index contributed by atoms with van der Waals surface area (Å²) >= 11 is 0. The number of nitrogens with one attached hydrogen (secondary N) is 1. The molecule has 2 aromatic rings. The van der Waals surface area contributed by atoms with E-state index in [1.807, 2.05) is 0 Å². The Hall–Kier alpha value is -3.42. The third-order valence-corrected chi connectivity index (χ3v) is 2.99. The first-order valence-corrected chi connectivity index (χ1v) is 6.22. The molecule has 1 N–H and O–H groups in total. The zero-order chi connectivity index (χ0) is 15.7. The van der Waals surface area contributed by atoms with E-state index in [-0.39, 0.29) is 11.3 Å². The largest absolute Gasteiger partial charge is 0.433 e. The second-order valence-corrected chi connectivity index (χ2v) is 4.41. The maximum absolute atomic E-state index is 12.3. The van der Waals surface area contributed by atoms with Crippen LogP contribution in [0, 0.1) is 10.1 Å². The SMILES string of the molecule is O=C1NN(c2ccccc2)C(=O)C1=Cc1ccc([N+](=O)[O-])o1. The van der Waals surface area contributed by atoms with E-state index >= 15 is 0 Å².